The summed E-state index contributed by atoms with van der Waals surface area (Å²) >= 11 is 1.08. The molecule has 36 heavy (non-hydrogen) atoms. The predicted molar refractivity (Wildman–Crippen MR) is 132 cm³/mol. The van der Waals surface area contributed by atoms with Crippen molar-refractivity contribution in [1.82, 2.24) is 19.8 Å². The van der Waals surface area contributed by atoms with Crippen molar-refractivity contribution >= 4 is 17.2 Å². The maximum Gasteiger partial charge on any atom is 0.278 e. The zero-order chi connectivity index (χ0) is 25.8. The molecule has 1 aliphatic heterocycles. The molecule has 1 aromatic carbocycles. The van der Waals surface area contributed by atoms with Crippen LogP contribution >= 0.6 is 11.3 Å². The van der Waals surface area contributed by atoms with Gasteiger partial charge in [0.05, 0.1) is 5.56 Å². The second-order valence-electron chi connectivity index (χ2n) is 9.55. The lowest BCUT2D eigenvalue weighted by atomic mass is 9.79. The minimum atomic E-state index is -0.724. The van der Waals surface area contributed by atoms with Gasteiger partial charge in [-0.2, -0.15) is 0 Å². The number of aromatic hydroxyl groups is 1. The molecular weight excluding hydrogens is 488 g/mol. The van der Waals surface area contributed by atoms with Gasteiger partial charge in [0.1, 0.15) is 22.3 Å². The number of pyridine rings is 1. The SMILES string of the molecule is CCC1CCC2(CC1)N(C)C(=O)c1c(O)c(=O)c(-c3nnc(Cc4ccc(F)cc4F)s3)cn1N2C. The van der Waals surface area contributed by atoms with Crippen LogP contribution in [0.5, 0.6) is 5.75 Å². The highest BCUT2D eigenvalue weighted by Gasteiger charge is 2.49. The van der Waals surface area contributed by atoms with Crippen molar-refractivity contribution in [2.45, 2.75) is 51.1 Å². The van der Waals surface area contributed by atoms with E-state index in [2.05, 4.69) is 17.1 Å². The molecule has 0 saturated heterocycles. The van der Waals surface area contributed by atoms with Gasteiger partial charge in [-0.05, 0) is 43.2 Å². The fraction of sp³-hybridized carbons (Fsp3) is 0.440. The van der Waals surface area contributed by atoms with E-state index in [0.717, 1.165) is 49.5 Å². The number of aromatic nitrogens is 3. The van der Waals surface area contributed by atoms with Crippen molar-refractivity contribution in [3.63, 3.8) is 0 Å². The van der Waals surface area contributed by atoms with E-state index in [1.165, 1.54) is 18.3 Å². The number of rotatable bonds is 4. The number of carbonyl (C=O) groups is 1. The summed E-state index contributed by atoms with van der Waals surface area (Å²) in [6.45, 7) is 2.17. The first kappa shape index (κ1) is 24.4. The fourth-order valence-electron chi connectivity index (χ4n) is 5.41. The van der Waals surface area contributed by atoms with E-state index in [0.29, 0.717) is 10.9 Å². The first-order valence-electron chi connectivity index (χ1n) is 11.9. The Morgan fingerprint density at radius 1 is 1.17 bits per heavy atom. The van der Waals surface area contributed by atoms with E-state index in [1.807, 2.05) is 12.1 Å². The number of fused-ring (bicyclic) bond motifs is 1. The lowest BCUT2D eigenvalue weighted by Gasteiger charge is -2.55. The Bertz CT molecular complexity index is 1400. The summed E-state index contributed by atoms with van der Waals surface area (Å²) < 4.78 is 28.9. The number of carbonyl (C=O) groups excluding carboxylic acids is 1. The summed E-state index contributed by atoms with van der Waals surface area (Å²) in [5.41, 5.74) is -1.03. The highest BCUT2D eigenvalue weighted by Crippen LogP contribution is 2.42. The van der Waals surface area contributed by atoms with E-state index < -0.39 is 34.4 Å². The Kier molecular flexibility index (Phi) is 6.06. The Labute approximate surface area is 210 Å². The lowest BCUT2D eigenvalue weighted by molar-refractivity contribution is 0.0168. The summed E-state index contributed by atoms with van der Waals surface area (Å²) in [6, 6.07) is 3.32. The molecule has 5 rings (SSSR count). The summed E-state index contributed by atoms with van der Waals surface area (Å²) in [4.78, 5) is 28.1. The van der Waals surface area contributed by atoms with Crippen molar-refractivity contribution in [3.05, 3.63) is 62.5 Å². The van der Waals surface area contributed by atoms with Gasteiger partial charge < -0.3 is 10.0 Å². The molecule has 1 N–H and O–H groups in total. The second-order valence-corrected chi connectivity index (χ2v) is 10.6. The van der Waals surface area contributed by atoms with Crippen LogP contribution in [0.4, 0.5) is 8.78 Å². The minimum absolute atomic E-state index is 0.0763. The van der Waals surface area contributed by atoms with Crippen molar-refractivity contribution in [3.8, 4) is 16.3 Å². The quantitative estimate of drug-likeness (QED) is 0.567. The van der Waals surface area contributed by atoms with Gasteiger partial charge in [0.2, 0.25) is 5.43 Å². The number of nitrogens with zero attached hydrogens (tertiary/aromatic N) is 5. The Hall–Kier alpha value is -3.34. The van der Waals surface area contributed by atoms with Crippen LogP contribution in [-0.4, -0.2) is 50.5 Å². The van der Waals surface area contributed by atoms with Gasteiger partial charge in [-0.3, -0.25) is 19.3 Å². The molecule has 2 aliphatic rings. The van der Waals surface area contributed by atoms with Gasteiger partial charge in [-0.15, -0.1) is 10.2 Å². The highest BCUT2D eigenvalue weighted by atomic mass is 32.1. The number of benzene rings is 1. The number of amides is 1. The molecule has 190 valence electrons. The molecule has 2 aromatic heterocycles. The van der Waals surface area contributed by atoms with Crippen LogP contribution in [0.2, 0.25) is 0 Å². The molecule has 0 unspecified atom stereocenters. The van der Waals surface area contributed by atoms with Gasteiger partial charge in [0.25, 0.3) is 5.91 Å². The van der Waals surface area contributed by atoms with Crippen molar-refractivity contribution in [2.24, 2.45) is 5.92 Å². The lowest BCUT2D eigenvalue weighted by Crippen LogP contribution is -2.69. The average molecular weight is 516 g/mol. The van der Waals surface area contributed by atoms with Crippen molar-refractivity contribution in [2.75, 3.05) is 19.1 Å². The summed E-state index contributed by atoms with van der Waals surface area (Å²) in [5, 5.41) is 21.6. The van der Waals surface area contributed by atoms with Gasteiger partial charge in [-0.25, -0.2) is 8.78 Å². The monoisotopic (exact) mass is 515 g/mol. The Morgan fingerprint density at radius 2 is 1.89 bits per heavy atom. The zero-order valence-electron chi connectivity index (χ0n) is 20.3. The molecule has 0 bridgehead atoms. The summed E-state index contributed by atoms with van der Waals surface area (Å²) in [7, 11) is 3.58. The Morgan fingerprint density at radius 3 is 2.56 bits per heavy atom. The molecule has 1 fully saturated rings. The molecule has 11 heteroatoms. The molecule has 1 amide bonds. The molecule has 1 saturated carbocycles. The van der Waals surface area contributed by atoms with Gasteiger partial charge in [-0.1, -0.05) is 30.7 Å². The molecule has 1 spiro atoms. The smallest absolute Gasteiger partial charge is 0.278 e. The van der Waals surface area contributed by atoms with E-state index in [9.17, 15) is 23.5 Å². The molecule has 0 atom stereocenters. The van der Waals surface area contributed by atoms with Crippen LogP contribution in [0.3, 0.4) is 0 Å². The molecule has 3 heterocycles. The third-order valence-corrected chi connectivity index (χ3v) is 8.72. The third-order valence-electron chi connectivity index (χ3n) is 7.76. The minimum Gasteiger partial charge on any atom is -0.502 e. The molecule has 0 radical (unpaired) electrons. The molecule has 3 aromatic rings. The standard InChI is InChI=1S/C25H27F2N5O3S/c1-4-14-7-9-25(10-8-14)30(2)24(35)20-22(34)21(33)17(13-32(20)31(25)3)23-29-28-19(36-23)11-15-5-6-16(26)12-18(15)27/h5-6,12-14,34H,4,7-11H2,1-3H3. The first-order chi connectivity index (χ1) is 17.2. The fourth-order valence-corrected chi connectivity index (χ4v) is 6.28. The topological polar surface area (TPSA) is 91.6 Å². The van der Waals surface area contributed by atoms with Gasteiger partial charge in [0.15, 0.2) is 16.5 Å². The molecule has 1 aliphatic carbocycles. The van der Waals surface area contributed by atoms with Crippen LogP contribution in [0, 0.1) is 17.6 Å². The maximum absolute atomic E-state index is 14.1. The number of halogens is 2. The van der Waals surface area contributed by atoms with Crippen LogP contribution < -0.4 is 10.4 Å². The molecular formula is C25H27F2N5O3S. The Balaban J connectivity index is 1.53. The first-order valence-corrected chi connectivity index (χ1v) is 12.8. The van der Waals surface area contributed by atoms with E-state index in [-0.39, 0.29) is 28.2 Å². The van der Waals surface area contributed by atoms with Gasteiger partial charge in [0, 0.05) is 32.8 Å². The normalized spacial score (nSPS) is 21.8. The third kappa shape index (κ3) is 3.76. The number of hydrogen-bond donors (Lipinski definition) is 1. The summed E-state index contributed by atoms with van der Waals surface area (Å²) in [5.74, 6) is -1.80. The van der Waals surface area contributed by atoms with E-state index in [1.54, 1.807) is 16.6 Å². The van der Waals surface area contributed by atoms with Crippen molar-refractivity contribution < 1.29 is 18.7 Å². The average Bonchev–Trinajstić information content (AvgIpc) is 3.33. The van der Waals surface area contributed by atoms with Crippen LogP contribution in [-0.2, 0) is 6.42 Å². The van der Waals surface area contributed by atoms with Crippen LogP contribution in [0.15, 0.2) is 29.2 Å². The maximum atomic E-state index is 14.1. The number of hydrogen-bond acceptors (Lipinski definition) is 7. The van der Waals surface area contributed by atoms with Gasteiger partial charge >= 0.3 is 0 Å². The molecule has 8 nitrogen and oxygen atoms in total. The van der Waals surface area contributed by atoms with E-state index in [4.69, 9.17) is 0 Å². The predicted octanol–water partition coefficient (Wildman–Crippen LogP) is 3.89. The van der Waals surface area contributed by atoms with Crippen LogP contribution in [0.1, 0.15) is 60.1 Å². The second kappa shape index (κ2) is 8.95. The highest BCUT2D eigenvalue weighted by molar-refractivity contribution is 7.14. The van der Waals surface area contributed by atoms with Crippen molar-refractivity contribution in [1.29, 1.82) is 0 Å². The zero-order valence-corrected chi connectivity index (χ0v) is 21.1. The largest absolute Gasteiger partial charge is 0.502 e. The summed E-state index contributed by atoms with van der Waals surface area (Å²) in [6.07, 6.45) is 6.20. The van der Waals surface area contributed by atoms with Crippen LogP contribution in [0.25, 0.3) is 10.6 Å². The van der Waals surface area contributed by atoms with E-state index >= 15 is 0 Å².